The summed E-state index contributed by atoms with van der Waals surface area (Å²) in [6.45, 7) is 9.32. The first-order valence-electron chi connectivity index (χ1n) is 7.88. The molecule has 0 radical (unpaired) electrons. The van der Waals surface area contributed by atoms with Crippen molar-refractivity contribution in [2.45, 2.75) is 45.8 Å². The monoisotopic (exact) mass is 334 g/mol. The third-order valence-electron chi connectivity index (χ3n) is 4.51. The highest BCUT2D eigenvalue weighted by molar-refractivity contribution is 6.56. The SMILES string of the molecule is CC(=O)NCC(=Cc1c(N)cccc1F)B1OC(C)(C)C(C)(C)O1. The lowest BCUT2D eigenvalue weighted by atomic mass is 9.76. The minimum absolute atomic E-state index is 0.180. The normalized spacial score (nSPS) is 19.4. The lowest BCUT2D eigenvalue weighted by Gasteiger charge is -2.32. The highest BCUT2D eigenvalue weighted by Gasteiger charge is 2.52. The van der Waals surface area contributed by atoms with E-state index in [-0.39, 0.29) is 18.0 Å². The van der Waals surface area contributed by atoms with Crippen LogP contribution in [0.25, 0.3) is 6.08 Å². The fourth-order valence-corrected chi connectivity index (χ4v) is 2.31. The maximum absolute atomic E-state index is 14.1. The Hall–Kier alpha value is -1.86. The third-order valence-corrected chi connectivity index (χ3v) is 4.51. The summed E-state index contributed by atoms with van der Waals surface area (Å²) in [5, 5.41) is 2.71. The summed E-state index contributed by atoms with van der Waals surface area (Å²) in [5.74, 6) is -0.634. The van der Waals surface area contributed by atoms with E-state index in [0.717, 1.165) is 0 Å². The number of anilines is 1. The van der Waals surface area contributed by atoms with Crippen LogP contribution < -0.4 is 11.1 Å². The van der Waals surface area contributed by atoms with Crippen molar-refractivity contribution in [2.24, 2.45) is 0 Å². The molecule has 1 fully saturated rings. The lowest BCUT2D eigenvalue weighted by Crippen LogP contribution is -2.41. The molecule has 130 valence electrons. The Labute approximate surface area is 142 Å². The molecule has 1 aliphatic rings. The maximum atomic E-state index is 14.1. The number of carbonyl (C=O) groups is 1. The van der Waals surface area contributed by atoms with Gasteiger partial charge in [-0.3, -0.25) is 4.79 Å². The summed E-state index contributed by atoms with van der Waals surface area (Å²) >= 11 is 0. The summed E-state index contributed by atoms with van der Waals surface area (Å²) < 4.78 is 26.1. The van der Waals surface area contributed by atoms with Crippen molar-refractivity contribution in [1.29, 1.82) is 0 Å². The number of amides is 1. The van der Waals surface area contributed by atoms with Crippen molar-refractivity contribution in [3.05, 3.63) is 35.1 Å². The standard InChI is InChI=1S/C17H24BFN2O3/c1-11(22)21-10-12(9-13-14(19)7-6-8-15(13)20)18-23-16(2,3)17(4,5)24-18/h6-9H,10,20H2,1-5H3,(H,21,22). The van der Waals surface area contributed by atoms with Crippen LogP contribution in [-0.2, 0) is 14.1 Å². The van der Waals surface area contributed by atoms with Gasteiger partial charge < -0.3 is 20.4 Å². The molecule has 3 N–H and O–H groups in total. The molecule has 0 aromatic heterocycles. The molecule has 1 aliphatic heterocycles. The van der Waals surface area contributed by atoms with Gasteiger partial charge in [-0.15, -0.1) is 0 Å². The van der Waals surface area contributed by atoms with Gasteiger partial charge >= 0.3 is 7.12 Å². The molecule has 5 nitrogen and oxygen atoms in total. The number of carbonyl (C=O) groups excluding carboxylic acids is 1. The smallest absolute Gasteiger partial charge is 0.400 e. The minimum atomic E-state index is -0.694. The first-order chi connectivity index (χ1) is 11.0. The number of rotatable bonds is 4. The second kappa shape index (κ2) is 6.57. The van der Waals surface area contributed by atoms with Gasteiger partial charge in [-0.1, -0.05) is 12.1 Å². The van der Waals surface area contributed by atoms with Crippen molar-refractivity contribution in [1.82, 2.24) is 5.32 Å². The Bertz CT molecular complexity index is 638. The summed E-state index contributed by atoms with van der Waals surface area (Å²) in [6, 6.07) is 4.50. The van der Waals surface area contributed by atoms with Crippen molar-refractivity contribution >= 4 is 24.8 Å². The van der Waals surface area contributed by atoms with Gasteiger partial charge in [0.1, 0.15) is 5.82 Å². The molecular formula is C17H24BFN2O3. The van der Waals surface area contributed by atoms with E-state index in [1.165, 1.54) is 13.0 Å². The van der Waals surface area contributed by atoms with Crippen LogP contribution >= 0.6 is 0 Å². The van der Waals surface area contributed by atoms with Gasteiger partial charge in [0.05, 0.1) is 11.2 Å². The number of hydrogen-bond donors (Lipinski definition) is 2. The van der Waals surface area contributed by atoms with Gasteiger partial charge in [0.2, 0.25) is 5.91 Å². The van der Waals surface area contributed by atoms with Crippen LogP contribution in [0.4, 0.5) is 10.1 Å². The molecule has 0 saturated carbocycles. The van der Waals surface area contributed by atoms with Gasteiger partial charge in [-0.2, -0.15) is 0 Å². The van der Waals surface area contributed by atoms with Crippen molar-refractivity contribution in [3.63, 3.8) is 0 Å². The van der Waals surface area contributed by atoms with Crippen LogP contribution in [0.2, 0.25) is 0 Å². The van der Waals surface area contributed by atoms with Gasteiger partial charge in [0.15, 0.2) is 0 Å². The number of nitrogen functional groups attached to an aromatic ring is 1. The molecule has 0 bridgehead atoms. The highest BCUT2D eigenvalue weighted by atomic mass is 19.1. The Kier molecular flexibility index (Phi) is 5.06. The predicted octanol–water partition coefficient (Wildman–Crippen LogP) is 2.56. The van der Waals surface area contributed by atoms with E-state index in [1.54, 1.807) is 18.2 Å². The Morgan fingerprint density at radius 1 is 1.29 bits per heavy atom. The number of benzene rings is 1. The second-order valence-electron chi connectivity index (χ2n) is 6.96. The van der Waals surface area contributed by atoms with E-state index >= 15 is 0 Å². The number of halogens is 1. The zero-order valence-corrected chi connectivity index (χ0v) is 14.8. The van der Waals surface area contributed by atoms with E-state index in [2.05, 4.69) is 5.32 Å². The minimum Gasteiger partial charge on any atom is -0.400 e. The lowest BCUT2D eigenvalue weighted by molar-refractivity contribution is -0.118. The largest absolute Gasteiger partial charge is 0.492 e. The Morgan fingerprint density at radius 2 is 1.88 bits per heavy atom. The topological polar surface area (TPSA) is 73.6 Å². The molecule has 0 unspecified atom stereocenters. The van der Waals surface area contributed by atoms with Crippen molar-refractivity contribution in [2.75, 3.05) is 12.3 Å². The Morgan fingerprint density at radius 3 is 2.38 bits per heavy atom. The molecule has 0 spiro atoms. The summed E-state index contributed by atoms with van der Waals surface area (Å²) in [6.07, 6.45) is 1.59. The van der Waals surface area contributed by atoms with Crippen LogP contribution in [0.3, 0.4) is 0 Å². The molecule has 7 heteroatoms. The van der Waals surface area contributed by atoms with Gasteiger partial charge in [0.25, 0.3) is 0 Å². The van der Waals surface area contributed by atoms with E-state index < -0.39 is 24.1 Å². The summed E-state index contributed by atoms with van der Waals surface area (Å²) in [4.78, 5) is 11.3. The Balaban J connectivity index is 2.39. The average molecular weight is 334 g/mol. The van der Waals surface area contributed by atoms with Crippen molar-refractivity contribution < 1.29 is 18.5 Å². The molecule has 1 heterocycles. The molecular weight excluding hydrogens is 310 g/mol. The van der Waals surface area contributed by atoms with Crippen LogP contribution in [-0.4, -0.2) is 30.8 Å². The van der Waals surface area contributed by atoms with E-state index in [9.17, 15) is 9.18 Å². The average Bonchev–Trinajstić information content (AvgIpc) is 2.65. The van der Waals surface area contributed by atoms with Crippen LogP contribution in [0.5, 0.6) is 0 Å². The van der Waals surface area contributed by atoms with Crippen LogP contribution in [0.1, 0.15) is 40.2 Å². The molecule has 0 aliphatic carbocycles. The third kappa shape index (κ3) is 3.79. The van der Waals surface area contributed by atoms with E-state index in [1.807, 2.05) is 27.7 Å². The summed E-state index contributed by atoms with van der Waals surface area (Å²) in [5.41, 5.74) is 5.98. The van der Waals surface area contributed by atoms with Gasteiger partial charge in [0, 0.05) is 24.7 Å². The zero-order chi connectivity index (χ0) is 18.1. The fraction of sp³-hybridized carbons (Fsp3) is 0.471. The molecule has 24 heavy (non-hydrogen) atoms. The fourth-order valence-electron chi connectivity index (χ4n) is 2.31. The quantitative estimate of drug-likeness (QED) is 0.656. The van der Waals surface area contributed by atoms with Crippen LogP contribution in [0.15, 0.2) is 23.7 Å². The molecule has 1 aromatic rings. The highest BCUT2D eigenvalue weighted by Crippen LogP contribution is 2.39. The molecule has 1 amide bonds. The summed E-state index contributed by atoms with van der Waals surface area (Å²) in [7, 11) is -0.694. The number of nitrogens with one attached hydrogen (secondary N) is 1. The van der Waals surface area contributed by atoms with Gasteiger partial charge in [-0.05, 0) is 45.3 Å². The van der Waals surface area contributed by atoms with E-state index in [4.69, 9.17) is 15.0 Å². The maximum Gasteiger partial charge on any atom is 0.492 e. The number of hydrogen-bond acceptors (Lipinski definition) is 4. The molecule has 1 saturated heterocycles. The van der Waals surface area contributed by atoms with Crippen molar-refractivity contribution in [3.8, 4) is 0 Å². The predicted molar refractivity (Wildman–Crippen MR) is 93.6 cm³/mol. The number of nitrogens with two attached hydrogens (primary N) is 1. The van der Waals surface area contributed by atoms with E-state index in [0.29, 0.717) is 11.2 Å². The molecule has 0 atom stereocenters. The molecule has 2 rings (SSSR count). The molecule has 1 aromatic carbocycles. The van der Waals surface area contributed by atoms with Gasteiger partial charge in [-0.25, -0.2) is 4.39 Å². The first kappa shape index (κ1) is 18.5. The van der Waals surface area contributed by atoms with Crippen LogP contribution in [0, 0.1) is 5.82 Å². The first-order valence-corrected chi connectivity index (χ1v) is 7.88. The second-order valence-corrected chi connectivity index (χ2v) is 6.96. The zero-order valence-electron chi connectivity index (χ0n) is 14.8.